The molecule has 0 amide bonds. The van der Waals surface area contributed by atoms with E-state index in [1.807, 2.05) is 0 Å². The quantitative estimate of drug-likeness (QED) is 0.484. The zero-order valence-corrected chi connectivity index (χ0v) is 10.5. The minimum atomic E-state index is -0.634. The zero-order chi connectivity index (χ0) is 14.7. The first-order valence-electron chi connectivity index (χ1n) is 5.59. The van der Waals surface area contributed by atoms with Gasteiger partial charge in [-0.3, -0.25) is 19.5 Å². The average Bonchev–Trinajstić information content (AvgIpc) is 2.95. The fraction of sp³-hybridized carbons (Fsp3) is 0.0769. The molecular formula is C13H10N2O5. The lowest BCUT2D eigenvalue weighted by Gasteiger charge is -2.06. The predicted octanol–water partition coefficient (Wildman–Crippen LogP) is 1.87. The Balaban J connectivity index is 2.34. The summed E-state index contributed by atoms with van der Waals surface area (Å²) in [7, 11) is 1.22. The Hall–Kier alpha value is -2.96. The third-order valence-electron chi connectivity index (χ3n) is 2.69. The molecule has 7 heteroatoms. The van der Waals surface area contributed by atoms with Gasteiger partial charge in [0.25, 0.3) is 11.6 Å². The maximum atomic E-state index is 12.2. The zero-order valence-electron chi connectivity index (χ0n) is 10.5. The normalized spacial score (nSPS) is 10.1. The van der Waals surface area contributed by atoms with E-state index in [1.165, 1.54) is 49.7 Å². The first-order valence-corrected chi connectivity index (χ1v) is 5.59. The maximum Gasteiger partial charge on any atom is 0.355 e. The standard InChI is InChI=1S/C13H10N2O5/c1-20-13(17)11-3-2-8-14(11)12(16)9-4-6-10(7-5-9)15(18)19/h2-8H,1H3. The minimum Gasteiger partial charge on any atom is -0.464 e. The van der Waals surface area contributed by atoms with Crippen molar-refractivity contribution in [1.82, 2.24) is 4.57 Å². The number of methoxy groups -OCH3 is 1. The second-order valence-electron chi connectivity index (χ2n) is 3.86. The van der Waals surface area contributed by atoms with Crippen molar-refractivity contribution in [2.75, 3.05) is 7.11 Å². The van der Waals surface area contributed by atoms with Crippen molar-refractivity contribution in [3.63, 3.8) is 0 Å². The van der Waals surface area contributed by atoms with E-state index in [0.717, 1.165) is 4.57 Å². The molecule has 7 nitrogen and oxygen atoms in total. The molecule has 0 aliphatic heterocycles. The van der Waals surface area contributed by atoms with Gasteiger partial charge in [-0.2, -0.15) is 0 Å². The Morgan fingerprint density at radius 1 is 1.20 bits per heavy atom. The number of carbonyl (C=O) groups is 2. The number of carbonyl (C=O) groups excluding carboxylic acids is 2. The van der Waals surface area contributed by atoms with E-state index in [1.54, 1.807) is 0 Å². The van der Waals surface area contributed by atoms with Crippen LogP contribution in [0.15, 0.2) is 42.6 Å². The topological polar surface area (TPSA) is 91.4 Å². The number of hydrogen-bond donors (Lipinski definition) is 0. The van der Waals surface area contributed by atoms with Crippen molar-refractivity contribution in [2.24, 2.45) is 0 Å². The molecule has 0 unspecified atom stereocenters. The SMILES string of the molecule is COC(=O)c1cccn1C(=O)c1ccc([N+](=O)[O-])cc1. The Labute approximate surface area is 113 Å². The molecule has 0 saturated carbocycles. The summed E-state index contributed by atoms with van der Waals surface area (Å²) < 4.78 is 5.70. The van der Waals surface area contributed by atoms with Crippen LogP contribution in [0.4, 0.5) is 5.69 Å². The van der Waals surface area contributed by atoms with Crippen LogP contribution in [0.1, 0.15) is 20.8 Å². The van der Waals surface area contributed by atoms with Gasteiger partial charge in [-0.25, -0.2) is 4.79 Å². The van der Waals surface area contributed by atoms with Crippen molar-refractivity contribution < 1.29 is 19.2 Å². The van der Waals surface area contributed by atoms with E-state index < -0.39 is 16.8 Å². The molecular weight excluding hydrogens is 264 g/mol. The molecule has 0 N–H and O–H groups in total. The lowest BCUT2D eigenvalue weighted by molar-refractivity contribution is -0.384. The van der Waals surface area contributed by atoms with Crippen LogP contribution >= 0.6 is 0 Å². The van der Waals surface area contributed by atoms with Crippen LogP contribution in [0.2, 0.25) is 0 Å². The molecule has 1 aromatic heterocycles. The predicted molar refractivity (Wildman–Crippen MR) is 68.6 cm³/mol. The third-order valence-corrected chi connectivity index (χ3v) is 2.69. The number of nitrogens with zero attached hydrogens (tertiary/aromatic N) is 2. The Morgan fingerprint density at radius 3 is 2.40 bits per heavy atom. The summed E-state index contributed by atoms with van der Waals surface area (Å²) in [6.45, 7) is 0. The number of esters is 1. The van der Waals surface area contributed by atoms with Crippen LogP contribution in [0, 0.1) is 10.1 Å². The van der Waals surface area contributed by atoms with Gasteiger partial charge in [-0.15, -0.1) is 0 Å². The lowest BCUT2D eigenvalue weighted by atomic mass is 10.2. The maximum absolute atomic E-state index is 12.2. The Bertz CT molecular complexity index is 672. The van der Waals surface area contributed by atoms with Gasteiger partial charge in [0.1, 0.15) is 5.69 Å². The van der Waals surface area contributed by atoms with E-state index in [0.29, 0.717) is 0 Å². The third kappa shape index (κ3) is 2.41. The molecule has 2 rings (SSSR count). The van der Waals surface area contributed by atoms with Crippen LogP contribution in [0.3, 0.4) is 0 Å². The van der Waals surface area contributed by atoms with Gasteiger partial charge in [0, 0.05) is 23.9 Å². The number of nitro benzene ring substituents is 1. The lowest BCUT2D eigenvalue weighted by Crippen LogP contribution is -2.17. The molecule has 0 atom stereocenters. The van der Waals surface area contributed by atoms with Gasteiger partial charge in [-0.1, -0.05) is 0 Å². The highest BCUT2D eigenvalue weighted by Crippen LogP contribution is 2.14. The molecule has 102 valence electrons. The number of rotatable bonds is 3. The van der Waals surface area contributed by atoms with Gasteiger partial charge in [0.05, 0.1) is 12.0 Å². The summed E-state index contributed by atoms with van der Waals surface area (Å²) in [6.07, 6.45) is 1.43. The molecule has 20 heavy (non-hydrogen) atoms. The van der Waals surface area contributed by atoms with E-state index in [2.05, 4.69) is 4.74 Å². The first kappa shape index (κ1) is 13.5. The fourth-order valence-electron chi connectivity index (χ4n) is 1.69. The number of nitro groups is 1. The molecule has 0 fully saturated rings. The second kappa shape index (κ2) is 5.35. The summed E-state index contributed by atoms with van der Waals surface area (Å²) in [4.78, 5) is 33.7. The van der Waals surface area contributed by atoms with E-state index in [-0.39, 0.29) is 16.9 Å². The largest absolute Gasteiger partial charge is 0.464 e. The molecule has 0 radical (unpaired) electrons. The van der Waals surface area contributed by atoms with Crippen LogP contribution in [0.25, 0.3) is 0 Å². The van der Waals surface area contributed by atoms with Gasteiger partial charge in [-0.05, 0) is 24.3 Å². The van der Waals surface area contributed by atoms with Crippen LogP contribution in [-0.2, 0) is 4.74 Å². The fourth-order valence-corrected chi connectivity index (χ4v) is 1.69. The van der Waals surface area contributed by atoms with E-state index >= 15 is 0 Å². The number of non-ortho nitro benzene ring substituents is 1. The van der Waals surface area contributed by atoms with Crippen molar-refractivity contribution in [3.05, 3.63) is 64.0 Å². The highest BCUT2D eigenvalue weighted by molar-refractivity contribution is 6.01. The van der Waals surface area contributed by atoms with Crippen molar-refractivity contribution in [1.29, 1.82) is 0 Å². The van der Waals surface area contributed by atoms with Gasteiger partial charge in [0.2, 0.25) is 0 Å². The highest BCUT2D eigenvalue weighted by Gasteiger charge is 2.18. The first-order chi connectivity index (χ1) is 9.54. The summed E-state index contributed by atoms with van der Waals surface area (Å²) in [6, 6.07) is 8.12. The smallest absolute Gasteiger partial charge is 0.355 e. The summed E-state index contributed by atoms with van der Waals surface area (Å²) in [5.74, 6) is -1.10. The van der Waals surface area contributed by atoms with Crippen LogP contribution in [0.5, 0.6) is 0 Å². The Morgan fingerprint density at radius 2 is 1.85 bits per heavy atom. The minimum absolute atomic E-state index is 0.0934. The molecule has 0 spiro atoms. The number of aromatic nitrogens is 1. The van der Waals surface area contributed by atoms with Crippen molar-refractivity contribution in [3.8, 4) is 0 Å². The van der Waals surface area contributed by atoms with Crippen molar-refractivity contribution >= 4 is 17.6 Å². The molecule has 1 aromatic carbocycles. The summed E-state index contributed by atoms with van der Waals surface area (Å²) in [5, 5.41) is 10.5. The Kier molecular flexibility index (Phi) is 3.60. The summed E-state index contributed by atoms with van der Waals surface area (Å²) in [5.41, 5.74) is 0.218. The molecule has 0 aliphatic rings. The molecule has 0 bridgehead atoms. The summed E-state index contributed by atoms with van der Waals surface area (Å²) >= 11 is 0. The van der Waals surface area contributed by atoms with Gasteiger partial charge >= 0.3 is 5.97 Å². The monoisotopic (exact) mass is 274 g/mol. The second-order valence-corrected chi connectivity index (χ2v) is 3.86. The molecule has 0 saturated heterocycles. The molecule has 2 aromatic rings. The number of hydrogen-bond acceptors (Lipinski definition) is 5. The number of ether oxygens (including phenoxy) is 1. The highest BCUT2D eigenvalue weighted by atomic mass is 16.6. The van der Waals surface area contributed by atoms with E-state index in [9.17, 15) is 19.7 Å². The average molecular weight is 274 g/mol. The van der Waals surface area contributed by atoms with E-state index in [4.69, 9.17) is 0 Å². The van der Waals surface area contributed by atoms with Crippen molar-refractivity contribution in [2.45, 2.75) is 0 Å². The molecule has 1 heterocycles. The number of benzene rings is 1. The van der Waals surface area contributed by atoms with Crippen LogP contribution < -0.4 is 0 Å². The van der Waals surface area contributed by atoms with Gasteiger partial charge < -0.3 is 4.74 Å². The van der Waals surface area contributed by atoms with Gasteiger partial charge in [0.15, 0.2) is 0 Å². The van der Waals surface area contributed by atoms with Crippen LogP contribution in [-0.4, -0.2) is 28.5 Å². The molecule has 0 aliphatic carbocycles.